The first-order valence-electron chi connectivity index (χ1n) is 6.91. The van der Waals surface area contributed by atoms with Gasteiger partial charge in [0.15, 0.2) is 0 Å². The Bertz CT molecular complexity index is 479. The summed E-state index contributed by atoms with van der Waals surface area (Å²) in [7, 11) is 0. The summed E-state index contributed by atoms with van der Waals surface area (Å²) in [5, 5.41) is 11.9. The summed E-state index contributed by atoms with van der Waals surface area (Å²) in [4.78, 5) is 23.2. The summed E-state index contributed by atoms with van der Waals surface area (Å²) in [6.07, 6.45) is 0.467. The van der Waals surface area contributed by atoms with Crippen LogP contribution in [0.5, 0.6) is 0 Å². The summed E-state index contributed by atoms with van der Waals surface area (Å²) in [5.41, 5.74) is 0.803. The molecule has 0 saturated heterocycles. The fourth-order valence-corrected chi connectivity index (χ4v) is 1.75. The van der Waals surface area contributed by atoms with Gasteiger partial charge in [0.1, 0.15) is 0 Å². The van der Waals surface area contributed by atoms with Crippen LogP contribution in [0.15, 0.2) is 24.3 Å². The van der Waals surface area contributed by atoms with Crippen molar-refractivity contribution in [1.29, 1.82) is 0 Å². The van der Waals surface area contributed by atoms with Crippen molar-refractivity contribution in [3.05, 3.63) is 35.4 Å². The number of carboxylic acid groups (broad SMARTS) is 1. The zero-order valence-electron chi connectivity index (χ0n) is 12.6. The normalized spacial score (nSPS) is 13.8. The summed E-state index contributed by atoms with van der Waals surface area (Å²) < 4.78 is 0. The number of carbonyl (C=O) groups is 2. The van der Waals surface area contributed by atoms with Crippen LogP contribution >= 0.6 is 0 Å². The Kier molecular flexibility index (Phi) is 5.31. The van der Waals surface area contributed by atoms with Crippen molar-refractivity contribution in [3.8, 4) is 0 Å². The predicted molar refractivity (Wildman–Crippen MR) is 78.9 cm³/mol. The number of rotatable bonds is 6. The topological polar surface area (TPSA) is 66.4 Å². The molecule has 110 valence electrons. The summed E-state index contributed by atoms with van der Waals surface area (Å²) in [5.74, 6) is -0.709. The molecule has 0 saturated carbocycles. The molecule has 0 aliphatic heterocycles. The standard InChI is InChI=1S/C16H23NO3/c1-5-16(4,15(19)20)10-17-14(18)13-8-6-12(7-9-13)11(2)3/h6-9,11H,5,10H2,1-4H3,(H,17,18)(H,19,20). The van der Waals surface area contributed by atoms with E-state index in [9.17, 15) is 9.59 Å². The van der Waals surface area contributed by atoms with Gasteiger partial charge in [0.05, 0.1) is 5.41 Å². The zero-order chi connectivity index (χ0) is 15.3. The largest absolute Gasteiger partial charge is 0.481 e. The van der Waals surface area contributed by atoms with Crippen LogP contribution in [0, 0.1) is 5.41 Å². The molecule has 1 amide bonds. The lowest BCUT2D eigenvalue weighted by molar-refractivity contribution is -0.147. The number of aliphatic carboxylic acids is 1. The minimum Gasteiger partial charge on any atom is -0.481 e. The average molecular weight is 277 g/mol. The molecular weight excluding hydrogens is 254 g/mol. The molecule has 1 unspecified atom stereocenters. The van der Waals surface area contributed by atoms with Crippen molar-refractivity contribution in [2.24, 2.45) is 5.41 Å². The van der Waals surface area contributed by atoms with Gasteiger partial charge in [-0.3, -0.25) is 9.59 Å². The number of carboxylic acids is 1. The maximum absolute atomic E-state index is 12.0. The van der Waals surface area contributed by atoms with E-state index in [1.807, 2.05) is 12.1 Å². The Morgan fingerprint density at radius 1 is 1.25 bits per heavy atom. The molecule has 0 spiro atoms. The fraction of sp³-hybridized carbons (Fsp3) is 0.500. The maximum Gasteiger partial charge on any atom is 0.311 e. The van der Waals surface area contributed by atoms with Gasteiger partial charge in [-0.05, 0) is 37.0 Å². The van der Waals surface area contributed by atoms with E-state index >= 15 is 0 Å². The van der Waals surface area contributed by atoms with E-state index in [1.54, 1.807) is 26.0 Å². The second-order valence-electron chi connectivity index (χ2n) is 5.68. The first kappa shape index (κ1) is 16.2. The van der Waals surface area contributed by atoms with Crippen LogP contribution in [0.2, 0.25) is 0 Å². The second-order valence-corrected chi connectivity index (χ2v) is 5.68. The van der Waals surface area contributed by atoms with Crippen LogP contribution in [-0.2, 0) is 4.79 Å². The van der Waals surface area contributed by atoms with E-state index in [2.05, 4.69) is 19.2 Å². The van der Waals surface area contributed by atoms with Gasteiger partial charge in [-0.1, -0.05) is 32.9 Å². The highest BCUT2D eigenvalue weighted by Crippen LogP contribution is 2.20. The third-order valence-corrected chi connectivity index (χ3v) is 3.78. The first-order chi connectivity index (χ1) is 9.30. The lowest BCUT2D eigenvalue weighted by Gasteiger charge is -2.23. The Morgan fingerprint density at radius 3 is 2.20 bits per heavy atom. The molecule has 4 heteroatoms. The third kappa shape index (κ3) is 3.83. The van der Waals surface area contributed by atoms with Crippen LogP contribution in [0.4, 0.5) is 0 Å². The van der Waals surface area contributed by atoms with Crippen LogP contribution in [0.3, 0.4) is 0 Å². The van der Waals surface area contributed by atoms with E-state index in [0.29, 0.717) is 17.9 Å². The zero-order valence-corrected chi connectivity index (χ0v) is 12.6. The van der Waals surface area contributed by atoms with Crippen LogP contribution < -0.4 is 5.32 Å². The van der Waals surface area contributed by atoms with E-state index in [4.69, 9.17) is 5.11 Å². The lowest BCUT2D eigenvalue weighted by Crippen LogP contribution is -2.40. The minimum atomic E-state index is -0.923. The van der Waals surface area contributed by atoms with Crippen molar-refractivity contribution in [2.75, 3.05) is 6.54 Å². The SMILES string of the molecule is CCC(C)(CNC(=O)c1ccc(C(C)C)cc1)C(=O)O. The summed E-state index contributed by atoms with van der Waals surface area (Å²) in [6.45, 7) is 7.75. The number of amides is 1. The van der Waals surface area contributed by atoms with Crippen LogP contribution in [0.25, 0.3) is 0 Å². The van der Waals surface area contributed by atoms with E-state index in [1.165, 1.54) is 5.56 Å². The molecule has 2 N–H and O–H groups in total. The first-order valence-corrected chi connectivity index (χ1v) is 6.91. The molecule has 1 aromatic carbocycles. The van der Waals surface area contributed by atoms with Gasteiger partial charge in [0.2, 0.25) is 0 Å². The van der Waals surface area contributed by atoms with Crippen molar-refractivity contribution in [3.63, 3.8) is 0 Å². The maximum atomic E-state index is 12.0. The smallest absolute Gasteiger partial charge is 0.311 e. The van der Waals surface area contributed by atoms with Crippen LogP contribution in [0.1, 0.15) is 56.0 Å². The molecule has 20 heavy (non-hydrogen) atoms. The van der Waals surface area contributed by atoms with E-state index in [0.717, 1.165) is 0 Å². The van der Waals surface area contributed by atoms with Gasteiger partial charge in [-0.25, -0.2) is 0 Å². The molecule has 4 nitrogen and oxygen atoms in total. The average Bonchev–Trinajstić information content (AvgIpc) is 2.44. The number of nitrogens with one attached hydrogen (secondary N) is 1. The Labute approximate surface area is 120 Å². The number of hydrogen-bond donors (Lipinski definition) is 2. The van der Waals surface area contributed by atoms with Gasteiger partial charge in [-0.2, -0.15) is 0 Å². The van der Waals surface area contributed by atoms with Crippen molar-refractivity contribution in [1.82, 2.24) is 5.32 Å². The van der Waals surface area contributed by atoms with E-state index in [-0.39, 0.29) is 12.5 Å². The molecule has 1 atom stereocenters. The molecule has 0 bridgehead atoms. The molecule has 0 radical (unpaired) electrons. The number of carbonyl (C=O) groups excluding carboxylic acids is 1. The van der Waals surface area contributed by atoms with Crippen molar-refractivity contribution < 1.29 is 14.7 Å². The molecule has 0 aromatic heterocycles. The van der Waals surface area contributed by atoms with E-state index < -0.39 is 11.4 Å². The second kappa shape index (κ2) is 6.55. The predicted octanol–water partition coefficient (Wildman–Crippen LogP) is 3.04. The number of benzene rings is 1. The molecule has 1 aromatic rings. The van der Waals surface area contributed by atoms with Crippen LogP contribution in [-0.4, -0.2) is 23.5 Å². The Balaban J connectivity index is 2.70. The minimum absolute atomic E-state index is 0.129. The summed E-state index contributed by atoms with van der Waals surface area (Å²) >= 11 is 0. The Morgan fingerprint density at radius 2 is 1.80 bits per heavy atom. The molecule has 0 heterocycles. The quantitative estimate of drug-likeness (QED) is 0.840. The van der Waals surface area contributed by atoms with Gasteiger partial charge in [0, 0.05) is 12.1 Å². The van der Waals surface area contributed by atoms with Gasteiger partial charge < -0.3 is 10.4 Å². The molecule has 1 rings (SSSR count). The highest BCUT2D eigenvalue weighted by molar-refractivity contribution is 5.94. The molecule has 0 aliphatic carbocycles. The summed E-state index contributed by atoms with van der Waals surface area (Å²) in [6, 6.07) is 7.40. The monoisotopic (exact) mass is 277 g/mol. The number of hydrogen-bond acceptors (Lipinski definition) is 2. The Hall–Kier alpha value is -1.84. The molecule has 0 fully saturated rings. The third-order valence-electron chi connectivity index (χ3n) is 3.78. The lowest BCUT2D eigenvalue weighted by atomic mass is 9.87. The van der Waals surface area contributed by atoms with Gasteiger partial charge >= 0.3 is 5.97 Å². The fourth-order valence-electron chi connectivity index (χ4n) is 1.75. The molecule has 0 aliphatic rings. The highest BCUT2D eigenvalue weighted by atomic mass is 16.4. The van der Waals surface area contributed by atoms with Gasteiger partial charge in [-0.15, -0.1) is 0 Å². The van der Waals surface area contributed by atoms with Gasteiger partial charge in [0.25, 0.3) is 5.91 Å². The highest BCUT2D eigenvalue weighted by Gasteiger charge is 2.31. The molecular formula is C16H23NO3. The van der Waals surface area contributed by atoms with Crippen molar-refractivity contribution >= 4 is 11.9 Å². The van der Waals surface area contributed by atoms with Crippen molar-refractivity contribution in [2.45, 2.75) is 40.0 Å².